The second kappa shape index (κ2) is 7.58. The molecule has 1 aliphatic rings. The summed E-state index contributed by atoms with van der Waals surface area (Å²) in [5.74, 6) is -1.01. The average Bonchev–Trinajstić information content (AvgIpc) is 2.99. The molecule has 0 aliphatic carbocycles. The van der Waals surface area contributed by atoms with Crippen LogP contribution in [0.2, 0.25) is 0 Å². The van der Waals surface area contributed by atoms with E-state index in [1.165, 1.54) is 18.3 Å². The van der Waals surface area contributed by atoms with Gasteiger partial charge < -0.3 is 20.5 Å². The standard InChI is InChI=1S/C14H19N3O4/c18-13(19)10-3-5-15-11(8-10)9-17-14(20)16-6-4-12-2-1-7-21-12/h3,5,8,12H,1-2,4,6-7,9H2,(H,18,19)(H2,16,17,20). The van der Waals surface area contributed by atoms with Crippen LogP contribution in [-0.4, -0.2) is 41.3 Å². The highest BCUT2D eigenvalue weighted by Gasteiger charge is 2.15. The number of ether oxygens (including phenoxy) is 1. The minimum absolute atomic E-state index is 0.153. The first kappa shape index (κ1) is 15.2. The van der Waals surface area contributed by atoms with Gasteiger partial charge in [-0.2, -0.15) is 0 Å². The Morgan fingerprint density at radius 1 is 1.43 bits per heavy atom. The zero-order valence-electron chi connectivity index (χ0n) is 11.7. The molecule has 1 aliphatic heterocycles. The van der Waals surface area contributed by atoms with Gasteiger partial charge in [0.1, 0.15) is 0 Å². The minimum atomic E-state index is -1.01. The van der Waals surface area contributed by atoms with E-state index in [0.29, 0.717) is 12.2 Å². The molecule has 3 N–H and O–H groups in total. The number of amides is 2. The highest BCUT2D eigenvalue weighted by molar-refractivity contribution is 5.87. The van der Waals surface area contributed by atoms with Crippen molar-refractivity contribution < 1.29 is 19.4 Å². The van der Waals surface area contributed by atoms with Crippen molar-refractivity contribution in [1.82, 2.24) is 15.6 Å². The number of pyridine rings is 1. The van der Waals surface area contributed by atoms with Crippen molar-refractivity contribution >= 4 is 12.0 Å². The molecule has 1 atom stereocenters. The lowest BCUT2D eigenvalue weighted by atomic mass is 10.2. The maximum atomic E-state index is 11.6. The van der Waals surface area contributed by atoms with Gasteiger partial charge in [-0.1, -0.05) is 0 Å². The Morgan fingerprint density at radius 2 is 2.29 bits per heavy atom. The van der Waals surface area contributed by atoms with E-state index in [0.717, 1.165) is 25.9 Å². The lowest BCUT2D eigenvalue weighted by Gasteiger charge is -2.11. The molecule has 7 heteroatoms. The summed E-state index contributed by atoms with van der Waals surface area (Å²) in [4.78, 5) is 26.4. The zero-order valence-corrected chi connectivity index (χ0v) is 11.7. The fraction of sp³-hybridized carbons (Fsp3) is 0.500. The third kappa shape index (κ3) is 5.03. The number of nitrogens with one attached hydrogen (secondary N) is 2. The number of urea groups is 1. The van der Waals surface area contributed by atoms with Crippen molar-refractivity contribution in [3.05, 3.63) is 29.6 Å². The van der Waals surface area contributed by atoms with Crippen LogP contribution in [0.15, 0.2) is 18.3 Å². The molecule has 7 nitrogen and oxygen atoms in total. The molecule has 1 aromatic heterocycles. The molecule has 1 aromatic rings. The Hall–Kier alpha value is -2.15. The van der Waals surface area contributed by atoms with Gasteiger partial charge in [-0.15, -0.1) is 0 Å². The third-order valence-corrected chi connectivity index (χ3v) is 3.27. The number of rotatable bonds is 6. The fourth-order valence-corrected chi connectivity index (χ4v) is 2.16. The van der Waals surface area contributed by atoms with Crippen molar-refractivity contribution in [2.45, 2.75) is 31.9 Å². The molecule has 114 valence electrons. The monoisotopic (exact) mass is 293 g/mol. The number of hydrogen-bond donors (Lipinski definition) is 3. The van der Waals surface area contributed by atoms with Crippen LogP contribution in [0.25, 0.3) is 0 Å². The van der Waals surface area contributed by atoms with Crippen molar-refractivity contribution in [2.75, 3.05) is 13.2 Å². The lowest BCUT2D eigenvalue weighted by molar-refractivity contribution is 0.0696. The van der Waals surface area contributed by atoms with E-state index in [4.69, 9.17) is 9.84 Å². The maximum Gasteiger partial charge on any atom is 0.335 e. The fourth-order valence-electron chi connectivity index (χ4n) is 2.16. The molecule has 2 rings (SSSR count). The average molecular weight is 293 g/mol. The van der Waals surface area contributed by atoms with Gasteiger partial charge in [0, 0.05) is 19.3 Å². The number of nitrogens with zero attached hydrogens (tertiary/aromatic N) is 1. The van der Waals surface area contributed by atoms with E-state index < -0.39 is 5.97 Å². The van der Waals surface area contributed by atoms with Crippen LogP contribution in [0, 0.1) is 0 Å². The topological polar surface area (TPSA) is 101 Å². The Labute approximate surface area is 122 Å². The maximum absolute atomic E-state index is 11.6. The smallest absolute Gasteiger partial charge is 0.335 e. The van der Waals surface area contributed by atoms with E-state index >= 15 is 0 Å². The zero-order chi connectivity index (χ0) is 15.1. The minimum Gasteiger partial charge on any atom is -0.478 e. The SMILES string of the molecule is O=C(NCCC1CCCO1)NCc1cc(C(=O)O)ccn1. The van der Waals surface area contributed by atoms with E-state index in [1.807, 2.05) is 0 Å². The van der Waals surface area contributed by atoms with E-state index in [2.05, 4.69) is 15.6 Å². The second-order valence-corrected chi connectivity index (χ2v) is 4.87. The Balaban J connectivity index is 1.68. The number of carbonyl (C=O) groups is 2. The molecule has 2 amide bonds. The van der Waals surface area contributed by atoms with Gasteiger partial charge in [-0.05, 0) is 31.4 Å². The van der Waals surface area contributed by atoms with Crippen LogP contribution in [0.3, 0.4) is 0 Å². The molecule has 1 fully saturated rings. The Bertz CT molecular complexity index is 501. The first-order chi connectivity index (χ1) is 10.1. The van der Waals surface area contributed by atoms with Gasteiger partial charge in [-0.3, -0.25) is 4.98 Å². The highest BCUT2D eigenvalue weighted by atomic mass is 16.5. The molecular formula is C14H19N3O4. The molecule has 0 spiro atoms. The first-order valence-electron chi connectivity index (χ1n) is 6.96. The van der Waals surface area contributed by atoms with Crippen molar-refractivity contribution in [1.29, 1.82) is 0 Å². The van der Waals surface area contributed by atoms with Crippen LogP contribution in [0.4, 0.5) is 4.79 Å². The summed E-state index contributed by atoms with van der Waals surface area (Å²) in [5.41, 5.74) is 0.657. The van der Waals surface area contributed by atoms with Crippen LogP contribution < -0.4 is 10.6 Å². The third-order valence-electron chi connectivity index (χ3n) is 3.27. The number of aromatic carboxylic acids is 1. The number of hydrogen-bond acceptors (Lipinski definition) is 4. The second-order valence-electron chi connectivity index (χ2n) is 4.87. The lowest BCUT2D eigenvalue weighted by Crippen LogP contribution is -2.36. The van der Waals surface area contributed by atoms with Gasteiger partial charge in [0.2, 0.25) is 0 Å². The van der Waals surface area contributed by atoms with Crippen LogP contribution in [0.5, 0.6) is 0 Å². The van der Waals surface area contributed by atoms with E-state index in [1.54, 1.807) is 0 Å². The summed E-state index contributed by atoms with van der Waals surface area (Å²) in [6, 6.07) is 2.55. The van der Waals surface area contributed by atoms with E-state index in [-0.39, 0.29) is 24.2 Å². The largest absolute Gasteiger partial charge is 0.478 e. The predicted molar refractivity (Wildman–Crippen MR) is 75.0 cm³/mol. The van der Waals surface area contributed by atoms with Crippen LogP contribution in [-0.2, 0) is 11.3 Å². The number of aromatic nitrogens is 1. The Morgan fingerprint density at radius 3 is 3.00 bits per heavy atom. The molecule has 1 saturated heterocycles. The van der Waals surface area contributed by atoms with E-state index in [9.17, 15) is 9.59 Å². The van der Waals surface area contributed by atoms with Crippen molar-refractivity contribution in [3.8, 4) is 0 Å². The number of carboxylic acids is 1. The normalized spacial score (nSPS) is 17.4. The van der Waals surface area contributed by atoms with Crippen molar-refractivity contribution in [2.24, 2.45) is 0 Å². The van der Waals surface area contributed by atoms with Crippen LogP contribution in [0.1, 0.15) is 35.3 Å². The predicted octanol–water partition coefficient (Wildman–Crippen LogP) is 1.15. The van der Waals surface area contributed by atoms with Gasteiger partial charge >= 0.3 is 12.0 Å². The molecule has 1 unspecified atom stereocenters. The molecule has 0 bridgehead atoms. The molecule has 0 aromatic carbocycles. The summed E-state index contributed by atoms with van der Waals surface area (Å²) in [5, 5.41) is 14.3. The first-order valence-corrected chi connectivity index (χ1v) is 6.96. The summed E-state index contributed by atoms with van der Waals surface area (Å²) in [7, 11) is 0. The summed E-state index contributed by atoms with van der Waals surface area (Å²) >= 11 is 0. The van der Waals surface area contributed by atoms with Gasteiger partial charge in [-0.25, -0.2) is 9.59 Å². The van der Waals surface area contributed by atoms with Gasteiger partial charge in [0.15, 0.2) is 0 Å². The summed E-state index contributed by atoms with van der Waals surface area (Å²) < 4.78 is 5.46. The highest BCUT2D eigenvalue weighted by Crippen LogP contribution is 2.14. The summed E-state index contributed by atoms with van der Waals surface area (Å²) in [6.07, 6.45) is 4.60. The number of carbonyl (C=O) groups excluding carboxylic acids is 1. The molecule has 0 saturated carbocycles. The van der Waals surface area contributed by atoms with Gasteiger partial charge in [0.05, 0.1) is 23.9 Å². The molecular weight excluding hydrogens is 274 g/mol. The molecule has 0 radical (unpaired) electrons. The van der Waals surface area contributed by atoms with Crippen LogP contribution >= 0.6 is 0 Å². The summed E-state index contributed by atoms with van der Waals surface area (Å²) in [6.45, 7) is 1.55. The molecule has 2 heterocycles. The molecule has 21 heavy (non-hydrogen) atoms. The van der Waals surface area contributed by atoms with Gasteiger partial charge in [0.25, 0.3) is 0 Å². The Kier molecular flexibility index (Phi) is 5.51. The van der Waals surface area contributed by atoms with Crippen molar-refractivity contribution in [3.63, 3.8) is 0 Å². The number of carboxylic acid groups (broad SMARTS) is 1. The quantitative estimate of drug-likeness (QED) is 0.730.